The molecule has 1 heteroatoms. The van der Waals surface area contributed by atoms with Crippen molar-refractivity contribution >= 4 is 0 Å². The minimum atomic E-state index is -0.124. The average molecular weight is 212 g/mol. The Morgan fingerprint density at radius 1 is 1.06 bits per heavy atom. The van der Waals surface area contributed by atoms with E-state index in [2.05, 4.69) is 44.5 Å². The molecule has 0 saturated carbocycles. The molecule has 16 heavy (non-hydrogen) atoms. The average Bonchev–Trinajstić information content (AvgIpc) is 2.23. The summed E-state index contributed by atoms with van der Waals surface area (Å²) < 4.78 is 0. The quantitative estimate of drug-likeness (QED) is 0.655. The van der Waals surface area contributed by atoms with Crippen LogP contribution in [0.1, 0.15) is 31.9 Å². The van der Waals surface area contributed by atoms with E-state index in [1.807, 2.05) is 24.3 Å². The Hall–Kier alpha value is -1.70. The first-order valence-corrected chi connectivity index (χ1v) is 5.25. The highest BCUT2D eigenvalue weighted by molar-refractivity contribution is 5.50. The Labute approximate surface area is 97.5 Å². The summed E-state index contributed by atoms with van der Waals surface area (Å²) in [6, 6.07) is 7.72. The molecule has 1 rings (SSSR count). The van der Waals surface area contributed by atoms with Gasteiger partial charge in [-0.05, 0) is 32.9 Å². The van der Waals surface area contributed by atoms with Gasteiger partial charge in [0.2, 0.25) is 0 Å². The Morgan fingerprint density at radius 3 is 2.12 bits per heavy atom. The van der Waals surface area contributed by atoms with Crippen molar-refractivity contribution in [1.29, 1.82) is 0 Å². The molecule has 0 aliphatic carbocycles. The van der Waals surface area contributed by atoms with E-state index in [4.69, 9.17) is 5.11 Å². The minimum absolute atomic E-state index is 0.0164. The summed E-state index contributed by atoms with van der Waals surface area (Å²) in [7, 11) is 0. The lowest BCUT2D eigenvalue weighted by atomic mass is 9.97. The van der Waals surface area contributed by atoms with Crippen LogP contribution in [0.2, 0.25) is 0 Å². The summed E-state index contributed by atoms with van der Waals surface area (Å²) in [5.74, 6) is 11.8. The first-order valence-electron chi connectivity index (χ1n) is 5.25. The topological polar surface area (TPSA) is 20.2 Å². The highest BCUT2D eigenvalue weighted by atomic mass is 16.2. The van der Waals surface area contributed by atoms with Gasteiger partial charge in [0.05, 0.1) is 0 Å². The lowest BCUT2D eigenvalue weighted by Crippen LogP contribution is -1.99. The lowest BCUT2D eigenvalue weighted by molar-refractivity contribution is 0.350. The second-order valence-corrected chi connectivity index (χ2v) is 4.51. The monoisotopic (exact) mass is 212 g/mol. The molecule has 0 aromatic heterocycles. The van der Waals surface area contributed by atoms with Crippen LogP contribution >= 0.6 is 0 Å². The van der Waals surface area contributed by atoms with Crippen molar-refractivity contribution in [1.82, 2.24) is 0 Å². The van der Waals surface area contributed by atoms with E-state index in [0.717, 1.165) is 11.1 Å². The maximum Gasteiger partial charge on any atom is 0.104 e. The Kier molecular flexibility index (Phi) is 4.18. The lowest BCUT2D eigenvalue weighted by Gasteiger charge is -2.07. The van der Waals surface area contributed by atoms with Gasteiger partial charge < -0.3 is 5.11 Å². The molecule has 0 amide bonds. The summed E-state index contributed by atoms with van der Waals surface area (Å²) in [6.07, 6.45) is 0. The SMILES string of the molecule is CC(C)(C)C#Cc1ccccc1C#CCO. The van der Waals surface area contributed by atoms with E-state index in [9.17, 15) is 0 Å². The summed E-state index contributed by atoms with van der Waals surface area (Å²) in [6.45, 7) is 6.09. The van der Waals surface area contributed by atoms with Crippen LogP contribution < -0.4 is 0 Å². The van der Waals surface area contributed by atoms with Crippen molar-refractivity contribution in [3.63, 3.8) is 0 Å². The van der Waals surface area contributed by atoms with Gasteiger partial charge >= 0.3 is 0 Å². The predicted octanol–water partition coefficient (Wildman–Crippen LogP) is 2.43. The third kappa shape index (κ3) is 4.22. The molecule has 0 aliphatic rings. The summed E-state index contributed by atoms with van der Waals surface area (Å²) >= 11 is 0. The van der Waals surface area contributed by atoms with Crippen LogP contribution in [-0.4, -0.2) is 11.7 Å². The number of aliphatic hydroxyl groups excluding tert-OH is 1. The number of hydrogen-bond acceptors (Lipinski definition) is 1. The fraction of sp³-hybridized carbons (Fsp3) is 0.333. The van der Waals surface area contributed by atoms with Crippen LogP contribution in [0.3, 0.4) is 0 Å². The van der Waals surface area contributed by atoms with Crippen molar-refractivity contribution in [3.8, 4) is 23.7 Å². The number of benzene rings is 1. The standard InChI is InChI=1S/C15H16O/c1-15(2,3)11-10-14-8-5-4-7-13(14)9-6-12-16/h4-5,7-8,16H,12H2,1-3H3. The third-order valence-electron chi connectivity index (χ3n) is 1.80. The maximum atomic E-state index is 8.67. The highest BCUT2D eigenvalue weighted by Crippen LogP contribution is 2.12. The molecule has 1 nitrogen and oxygen atoms in total. The van der Waals surface area contributed by atoms with E-state index in [1.54, 1.807) is 0 Å². The predicted molar refractivity (Wildman–Crippen MR) is 66.7 cm³/mol. The van der Waals surface area contributed by atoms with Crippen molar-refractivity contribution in [2.75, 3.05) is 6.61 Å². The zero-order valence-electron chi connectivity index (χ0n) is 9.96. The highest BCUT2D eigenvalue weighted by Gasteiger charge is 2.03. The minimum Gasteiger partial charge on any atom is -0.384 e. The van der Waals surface area contributed by atoms with Crippen LogP contribution in [0.25, 0.3) is 0 Å². The van der Waals surface area contributed by atoms with Crippen LogP contribution in [0.4, 0.5) is 0 Å². The zero-order valence-corrected chi connectivity index (χ0v) is 9.96. The summed E-state index contributed by atoms with van der Waals surface area (Å²) in [4.78, 5) is 0. The van der Waals surface area contributed by atoms with Crippen LogP contribution in [0.15, 0.2) is 24.3 Å². The molecule has 82 valence electrons. The Morgan fingerprint density at radius 2 is 1.62 bits per heavy atom. The first-order chi connectivity index (χ1) is 7.53. The van der Waals surface area contributed by atoms with Gasteiger partial charge in [0, 0.05) is 16.5 Å². The molecule has 0 fully saturated rings. The Bertz CT molecular complexity index is 470. The van der Waals surface area contributed by atoms with Crippen molar-refractivity contribution in [2.24, 2.45) is 5.41 Å². The van der Waals surface area contributed by atoms with Gasteiger partial charge in [-0.15, -0.1) is 0 Å². The molecule has 0 bridgehead atoms. The van der Waals surface area contributed by atoms with E-state index in [-0.39, 0.29) is 12.0 Å². The van der Waals surface area contributed by atoms with Gasteiger partial charge in [0.15, 0.2) is 0 Å². The molecule has 1 aromatic rings. The van der Waals surface area contributed by atoms with Gasteiger partial charge in [-0.1, -0.05) is 35.8 Å². The second-order valence-electron chi connectivity index (χ2n) is 4.51. The third-order valence-corrected chi connectivity index (χ3v) is 1.80. The summed E-state index contributed by atoms with van der Waals surface area (Å²) in [5, 5.41) is 8.67. The number of hydrogen-bond donors (Lipinski definition) is 1. The van der Waals surface area contributed by atoms with Crippen molar-refractivity contribution < 1.29 is 5.11 Å². The molecule has 0 aliphatic heterocycles. The maximum absolute atomic E-state index is 8.67. The van der Waals surface area contributed by atoms with Gasteiger partial charge in [-0.3, -0.25) is 0 Å². The van der Waals surface area contributed by atoms with E-state index < -0.39 is 0 Å². The molecule has 1 aromatic carbocycles. The molecule has 0 atom stereocenters. The van der Waals surface area contributed by atoms with Crippen LogP contribution in [-0.2, 0) is 0 Å². The van der Waals surface area contributed by atoms with Gasteiger partial charge in [-0.25, -0.2) is 0 Å². The molecule has 1 N–H and O–H groups in total. The molecule has 0 unspecified atom stereocenters. The second kappa shape index (κ2) is 5.40. The van der Waals surface area contributed by atoms with Gasteiger partial charge in [0.1, 0.15) is 6.61 Å². The molecule has 0 saturated heterocycles. The first kappa shape index (κ1) is 12.4. The molecular formula is C15H16O. The molecular weight excluding hydrogens is 196 g/mol. The molecule has 0 radical (unpaired) electrons. The van der Waals surface area contributed by atoms with Gasteiger partial charge in [-0.2, -0.15) is 0 Å². The molecule has 0 spiro atoms. The van der Waals surface area contributed by atoms with Gasteiger partial charge in [0.25, 0.3) is 0 Å². The van der Waals surface area contributed by atoms with Crippen molar-refractivity contribution in [3.05, 3.63) is 35.4 Å². The normalized spacial score (nSPS) is 9.75. The smallest absolute Gasteiger partial charge is 0.104 e. The largest absolute Gasteiger partial charge is 0.384 e. The fourth-order valence-electron chi connectivity index (χ4n) is 1.09. The van der Waals surface area contributed by atoms with E-state index in [1.165, 1.54) is 0 Å². The number of aliphatic hydroxyl groups is 1. The van der Waals surface area contributed by atoms with Crippen molar-refractivity contribution in [2.45, 2.75) is 20.8 Å². The number of rotatable bonds is 0. The fourth-order valence-corrected chi connectivity index (χ4v) is 1.09. The van der Waals surface area contributed by atoms with Crippen LogP contribution in [0.5, 0.6) is 0 Å². The zero-order chi connectivity index (χ0) is 12.0. The van der Waals surface area contributed by atoms with Crippen LogP contribution in [0, 0.1) is 29.1 Å². The Balaban J connectivity index is 3.08. The van der Waals surface area contributed by atoms with E-state index in [0.29, 0.717) is 0 Å². The summed E-state index contributed by atoms with van der Waals surface area (Å²) in [5.41, 5.74) is 1.77. The van der Waals surface area contributed by atoms with E-state index >= 15 is 0 Å². The molecule has 0 heterocycles.